The highest BCUT2D eigenvalue weighted by Crippen LogP contribution is 2.41. The minimum atomic E-state index is -0.424. The molecule has 9 nitrogen and oxygen atoms in total. The zero-order valence-corrected chi connectivity index (χ0v) is 19.5. The molecule has 1 aliphatic rings. The first-order valence-corrected chi connectivity index (χ1v) is 11.6. The van der Waals surface area contributed by atoms with E-state index in [1.165, 1.54) is 4.68 Å². The molecule has 2 aromatic heterocycles. The number of aryl methyl sites for hydroxylation is 1. The van der Waals surface area contributed by atoms with E-state index in [1.54, 1.807) is 42.1 Å². The van der Waals surface area contributed by atoms with Gasteiger partial charge in [0.25, 0.3) is 5.56 Å². The highest BCUT2D eigenvalue weighted by atomic mass is 16.5. The van der Waals surface area contributed by atoms with E-state index in [0.29, 0.717) is 16.8 Å². The lowest BCUT2D eigenvalue weighted by molar-refractivity contribution is -0.117. The van der Waals surface area contributed by atoms with E-state index in [1.807, 2.05) is 31.2 Å². The number of fused-ring (bicyclic) bond motifs is 1. The molecule has 0 bridgehead atoms. The third kappa shape index (κ3) is 4.44. The van der Waals surface area contributed by atoms with Crippen LogP contribution in [0.2, 0.25) is 0 Å². The van der Waals surface area contributed by atoms with Gasteiger partial charge in [0, 0.05) is 17.0 Å². The first-order chi connectivity index (χ1) is 17.0. The van der Waals surface area contributed by atoms with Crippen LogP contribution in [0.4, 0.5) is 5.69 Å². The van der Waals surface area contributed by atoms with Crippen molar-refractivity contribution in [2.45, 2.75) is 39.2 Å². The number of aromatic nitrogens is 4. The molecular formula is C26H25N5O4. The normalized spacial score (nSPS) is 13.1. The van der Waals surface area contributed by atoms with Gasteiger partial charge in [0.1, 0.15) is 12.1 Å². The highest BCUT2D eigenvalue weighted by molar-refractivity contribution is 5.93. The monoisotopic (exact) mass is 471 g/mol. The number of benzene rings is 2. The van der Waals surface area contributed by atoms with E-state index in [2.05, 4.69) is 15.5 Å². The number of nitrogens with one attached hydrogen (secondary N) is 1. The van der Waals surface area contributed by atoms with Crippen LogP contribution >= 0.6 is 0 Å². The summed E-state index contributed by atoms with van der Waals surface area (Å²) in [5, 5.41) is 12.6. The number of rotatable bonds is 7. The van der Waals surface area contributed by atoms with Crippen molar-refractivity contribution in [3.8, 4) is 5.69 Å². The second-order valence-electron chi connectivity index (χ2n) is 8.57. The van der Waals surface area contributed by atoms with E-state index in [4.69, 9.17) is 4.74 Å². The topological polar surface area (TPSA) is 108 Å². The first kappa shape index (κ1) is 22.5. The molecule has 2 aromatic carbocycles. The summed E-state index contributed by atoms with van der Waals surface area (Å²) in [5.41, 5.74) is 3.53. The van der Waals surface area contributed by atoms with Gasteiger partial charge in [0.05, 0.1) is 29.7 Å². The van der Waals surface area contributed by atoms with Crippen LogP contribution in [0, 0.1) is 6.92 Å². The van der Waals surface area contributed by atoms with Crippen molar-refractivity contribution in [2.75, 3.05) is 11.9 Å². The maximum atomic E-state index is 13.5. The third-order valence-electron chi connectivity index (χ3n) is 5.99. The summed E-state index contributed by atoms with van der Waals surface area (Å²) in [6.45, 7) is 3.75. The molecule has 1 fully saturated rings. The number of esters is 1. The number of para-hydroxylation sites is 1. The van der Waals surface area contributed by atoms with E-state index in [0.717, 1.165) is 35.2 Å². The van der Waals surface area contributed by atoms with Gasteiger partial charge in [0.2, 0.25) is 5.91 Å². The van der Waals surface area contributed by atoms with Crippen LogP contribution in [0.3, 0.4) is 0 Å². The molecule has 0 unspecified atom stereocenters. The first-order valence-electron chi connectivity index (χ1n) is 11.6. The Balaban J connectivity index is 1.45. The van der Waals surface area contributed by atoms with Gasteiger partial charge < -0.3 is 10.1 Å². The summed E-state index contributed by atoms with van der Waals surface area (Å²) < 4.78 is 7.83. The molecule has 1 N–H and O–H groups in total. The average molecular weight is 472 g/mol. The molecule has 4 aromatic rings. The number of carbonyl (C=O) groups excluding carboxylic acids is 2. The molecule has 1 aliphatic carbocycles. The SMILES string of the molecule is CCOC(=O)c1ccc(NC(=O)Cn2nc(C3CC3)c3cnn(-c4ccccc4C)c3c2=O)cc1. The van der Waals surface area contributed by atoms with Crippen LogP contribution in [0.5, 0.6) is 0 Å². The molecule has 0 radical (unpaired) electrons. The second kappa shape index (κ2) is 9.17. The van der Waals surface area contributed by atoms with E-state index in [-0.39, 0.29) is 24.6 Å². The van der Waals surface area contributed by atoms with E-state index >= 15 is 0 Å². The van der Waals surface area contributed by atoms with Crippen molar-refractivity contribution < 1.29 is 14.3 Å². The second-order valence-corrected chi connectivity index (χ2v) is 8.57. The Morgan fingerprint density at radius 3 is 2.54 bits per heavy atom. The van der Waals surface area contributed by atoms with Gasteiger partial charge in [-0.05, 0) is 62.6 Å². The van der Waals surface area contributed by atoms with Crippen molar-refractivity contribution in [1.29, 1.82) is 0 Å². The van der Waals surface area contributed by atoms with Gasteiger partial charge in [-0.25, -0.2) is 14.2 Å². The Bertz CT molecular complexity index is 1480. The maximum absolute atomic E-state index is 13.5. The van der Waals surface area contributed by atoms with Crippen LogP contribution in [0.15, 0.2) is 59.5 Å². The van der Waals surface area contributed by atoms with Gasteiger partial charge in [-0.2, -0.15) is 10.2 Å². The predicted molar refractivity (Wildman–Crippen MR) is 131 cm³/mol. The number of ether oxygens (including phenoxy) is 1. The Labute approximate surface area is 201 Å². The van der Waals surface area contributed by atoms with E-state index < -0.39 is 11.9 Å². The van der Waals surface area contributed by atoms with Gasteiger partial charge >= 0.3 is 5.97 Å². The summed E-state index contributed by atoms with van der Waals surface area (Å²) in [6.07, 6.45) is 3.68. The van der Waals surface area contributed by atoms with E-state index in [9.17, 15) is 14.4 Å². The number of hydrogen-bond donors (Lipinski definition) is 1. The summed E-state index contributed by atoms with van der Waals surface area (Å²) in [7, 11) is 0. The standard InChI is InChI=1S/C26H25N5O4/c1-3-35-26(34)18-10-12-19(13-11-18)28-22(32)15-30-25(33)24-20(23(29-30)17-8-9-17)14-27-31(24)21-7-5-4-6-16(21)2/h4-7,10-14,17H,3,8-9,15H2,1-2H3,(H,28,32). The maximum Gasteiger partial charge on any atom is 0.338 e. The Kier molecular flexibility index (Phi) is 5.90. The fourth-order valence-corrected chi connectivity index (χ4v) is 4.08. The molecule has 178 valence electrons. The van der Waals surface area contributed by atoms with Crippen molar-refractivity contribution in [1.82, 2.24) is 19.6 Å². The van der Waals surface area contributed by atoms with Crippen LogP contribution in [0.1, 0.15) is 47.3 Å². The summed E-state index contributed by atoms with van der Waals surface area (Å²) in [4.78, 5) is 38.1. The lowest BCUT2D eigenvalue weighted by atomic mass is 10.2. The van der Waals surface area contributed by atoms with Crippen molar-refractivity contribution >= 4 is 28.5 Å². The van der Waals surface area contributed by atoms with Crippen molar-refractivity contribution in [3.63, 3.8) is 0 Å². The third-order valence-corrected chi connectivity index (χ3v) is 5.99. The summed E-state index contributed by atoms with van der Waals surface area (Å²) in [6, 6.07) is 14.1. The minimum absolute atomic E-state index is 0.243. The van der Waals surface area contributed by atoms with Gasteiger partial charge in [-0.15, -0.1) is 0 Å². The van der Waals surface area contributed by atoms with Crippen LogP contribution in [0.25, 0.3) is 16.6 Å². The Morgan fingerprint density at radius 2 is 1.86 bits per heavy atom. The quantitative estimate of drug-likeness (QED) is 0.413. The number of hydrogen-bond acceptors (Lipinski definition) is 6. The van der Waals surface area contributed by atoms with Crippen LogP contribution in [-0.2, 0) is 16.1 Å². The number of anilines is 1. The van der Waals surface area contributed by atoms with Crippen LogP contribution in [-0.4, -0.2) is 38.0 Å². The summed E-state index contributed by atoms with van der Waals surface area (Å²) >= 11 is 0. The molecule has 1 amide bonds. The molecule has 35 heavy (non-hydrogen) atoms. The van der Waals surface area contributed by atoms with Crippen molar-refractivity contribution in [3.05, 3.63) is 81.9 Å². The lowest BCUT2D eigenvalue weighted by Gasteiger charge is -2.11. The molecule has 9 heteroatoms. The fraction of sp³-hybridized carbons (Fsp3) is 0.269. The zero-order valence-electron chi connectivity index (χ0n) is 19.5. The molecule has 0 aliphatic heterocycles. The fourth-order valence-electron chi connectivity index (χ4n) is 4.08. The predicted octanol–water partition coefficient (Wildman–Crippen LogP) is 3.58. The zero-order chi connectivity index (χ0) is 24.5. The highest BCUT2D eigenvalue weighted by Gasteiger charge is 2.30. The Morgan fingerprint density at radius 1 is 1.11 bits per heavy atom. The van der Waals surface area contributed by atoms with Gasteiger partial charge in [-0.1, -0.05) is 18.2 Å². The minimum Gasteiger partial charge on any atom is -0.462 e. The molecule has 0 atom stereocenters. The number of carbonyl (C=O) groups is 2. The average Bonchev–Trinajstić information content (AvgIpc) is 3.60. The van der Waals surface area contributed by atoms with Gasteiger partial charge in [-0.3, -0.25) is 9.59 Å². The molecule has 5 rings (SSSR count). The van der Waals surface area contributed by atoms with Crippen LogP contribution < -0.4 is 10.9 Å². The molecule has 0 saturated heterocycles. The van der Waals surface area contributed by atoms with Crippen molar-refractivity contribution in [2.24, 2.45) is 0 Å². The molecule has 1 saturated carbocycles. The lowest BCUT2D eigenvalue weighted by Crippen LogP contribution is -2.31. The largest absolute Gasteiger partial charge is 0.462 e. The molecule has 2 heterocycles. The number of nitrogens with zero attached hydrogens (tertiary/aromatic N) is 4. The summed E-state index contributed by atoms with van der Waals surface area (Å²) in [5.74, 6) is -0.559. The smallest absolute Gasteiger partial charge is 0.338 e. The molecular weight excluding hydrogens is 446 g/mol. The van der Waals surface area contributed by atoms with Gasteiger partial charge in [0.15, 0.2) is 0 Å². The molecule has 0 spiro atoms. The number of amides is 1. The Hall–Kier alpha value is -4.27.